The van der Waals surface area contributed by atoms with Crippen LogP contribution in [0, 0.1) is 0 Å². The van der Waals surface area contributed by atoms with Gasteiger partial charge in [0.2, 0.25) is 0 Å². The Labute approximate surface area is 102 Å². The predicted octanol–water partition coefficient (Wildman–Crippen LogP) is 2.74. The lowest BCUT2D eigenvalue weighted by molar-refractivity contribution is -0.0496. The van der Waals surface area contributed by atoms with Crippen molar-refractivity contribution in [1.82, 2.24) is 0 Å². The Balaban J connectivity index is 2.63. The molecule has 17 heavy (non-hydrogen) atoms. The van der Waals surface area contributed by atoms with Gasteiger partial charge in [0.15, 0.2) is 5.78 Å². The van der Waals surface area contributed by atoms with E-state index in [-0.39, 0.29) is 18.0 Å². The van der Waals surface area contributed by atoms with Crippen molar-refractivity contribution in [2.45, 2.75) is 39.4 Å². The third-order valence-electron chi connectivity index (χ3n) is 2.38. The second-order valence-electron chi connectivity index (χ2n) is 5.12. The van der Waals surface area contributed by atoms with E-state index in [0.29, 0.717) is 5.56 Å². The number of ether oxygens (including phenoxy) is 1. The van der Waals surface area contributed by atoms with Gasteiger partial charge in [-0.1, -0.05) is 24.3 Å². The Morgan fingerprint density at radius 1 is 1.29 bits per heavy atom. The second-order valence-corrected chi connectivity index (χ2v) is 5.12. The molecule has 1 aromatic carbocycles. The summed E-state index contributed by atoms with van der Waals surface area (Å²) in [5, 5.41) is 9.90. The van der Waals surface area contributed by atoms with E-state index in [2.05, 4.69) is 0 Å². The number of aliphatic hydroxyl groups is 1. The molecule has 0 amide bonds. The number of ketones is 1. The lowest BCUT2D eigenvalue weighted by atomic mass is 10.1. The number of Topliss-reactive ketones (excluding diaryl/α,β-unsaturated/α-hetero) is 1. The van der Waals surface area contributed by atoms with Crippen molar-refractivity contribution in [3.05, 3.63) is 35.4 Å². The smallest absolute Gasteiger partial charge is 0.159 e. The molecule has 0 unspecified atom stereocenters. The number of hydrogen-bond acceptors (Lipinski definition) is 3. The zero-order valence-corrected chi connectivity index (χ0v) is 10.9. The molecular weight excluding hydrogens is 216 g/mol. The van der Waals surface area contributed by atoms with Gasteiger partial charge in [0.1, 0.15) is 6.10 Å². The summed E-state index contributed by atoms with van der Waals surface area (Å²) in [5.41, 5.74) is 1.15. The second kappa shape index (κ2) is 5.43. The van der Waals surface area contributed by atoms with Gasteiger partial charge in [-0.05, 0) is 33.3 Å². The first-order valence-electron chi connectivity index (χ1n) is 5.72. The minimum Gasteiger partial charge on any atom is -0.386 e. The summed E-state index contributed by atoms with van der Waals surface area (Å²) < 4.78 is 5.51. The Morgan fingerprint density at radius 3 is 2.24 bits per heavy atom. The quantitative estimate of drug-likeness (QED) is 0.818. The fraction of sp³-hybridized carbons (Fsp3) is 0.500. The van der Waals surface area contributed by atoms with Gasteiger partial charge < -0.3 is 9.84 Å². The number of benzene rings is 1. The van der Waals surface area contributed by atoms with Crippen LogP contribution in [-0.4, -0.2) is 23.1 Å². The Bertz CT molecular complexity index is 373. The molecule has 0 spiro atoms. The van der Waals surface area contributed by atoms with Crippen LogP contribution < -0.4 is 0 Å². The van der Waals surface area contributed by atoms with Crippen LogP contribution in [0.15, 0.2) is 24.3 Å². The lowest BCUT2D eigenvalue weighted by Gasteiger charge is -2.22. The van der Waals surface area contributed by atoms with Crippen molar-refractivity contribution in [2.75, 3.05) is 6.61 Å². The highest BCUT2D eigenvalue weighted by Crippen LogP contribution is 2.17. The molecule has 1 rings (SSSR count). The van der Waals surface area contributed by atoms with Crippen LogP contribution in [0.4, 0.5) is 0 Å². The maximum Gasteiger partial charge on any atom is 0.159 e. The maximum atomic E-state index is 11.1. The van der Waals surface area contributed by atoms with Gasteiger partial charge in [-0.25, -0.2) is 0 Å². The zero-order chi connectivity index (χ0) is 13.1. The van der Waals surface area contributed by atoms with Crippen molar-refractivity contribution in [1.29, 1.82) is 0 Å². The van der Waals surface area contributed by atoms with E-state index in [1.165, 1.54) is 6.92 Å². The summed E-state index contributed by atoms with van der Waals surface area (Å²) in [7, 11) is 0. The zero-order valence-electron chi connectivity index (χ0n) is 10.9. The maximum absolute atomic E-state index is 11.1. The summed E-state index contributed by atoms with van der Waals surface area (Å²) in [6.45, 7) is 7.60. The van der Waals surface area contributed by atoms with Crippen LogP contribution in [0.3, 0.4) is 0 Å². The number of carbonyl (C=O) groups is 1. The van der Waals surface area contributed by atoms with E-state index in [1.807, 2.05) is 20.8 Å². The summed E-state index contributed by atoms with van der Waals surface area (Å²) in [5.74, 6) is 0.0250. The van der Waals surface area contributed by atoms with Crippen molar-refractivity contribution in [3.63, 3.8) is 0 Å². The van der Waals surface area contributed by atoms with Crippen LogP contribution in [0.2, 0.25) is 0 Å². The molecule has 0 radical (unpaired) electrons. The van der Waals surface area contributed by atoms with Gasteiger partial charge in [0.25, 0.3) is 0 Å². The van der Waals surface area contributed by atoms with Crippen LogP contribution in [0.25, 0.3) is 0 Å². The van der Waals surface area contributed by atoms with Crippen molar-refractivity contribution in [2.24, 2.45) is 0 Å². The first-order chi connectivity index (χ1) is 7.79. The third kappa shape index (κ3) is 4.67. The molecule has 0 aliphatic rings. The van der Waals surface area contributed by atoms with Gasteiger partial charge in [-0.2, -0.15) is 0 Å². The fourth-order valence-electron chi connectivity index (χ4n) is 1.37. The first-order valence-corrected chi connectivity index (χ1v) is 5.72. The fourth-order valence-corrected chi connectivity index (χ4v) is 1.37. The highest BCUT2D eigenvalue weighted by Gasteiger charge is 2.15. The largest absolute Gasteiger partial charge is 0.386 e. The standard InChI is InChI=1S/C14H20O3/c1-10(15)11-5-7-12(8-6-11)13(16)9-17-14(2,3)4/h5-8,13,16H,9H2,1-4H3/t13-/m1/s1. The van der Waals surface area contributed by atoms with Crippen molar-refractivity contribution in [3.8, 4) is 0 Å². The van der Waals surface area contributed by atoms with E-state index in [4.69, 9.17) is 4.74 Å². The molecular formula is C14H20O3. The van der Waals surface area contributed by atoms with E-state index in [9.17, 15) is 9.90 Å². The molecule has 1 atom stereocenters. The monoisotopic (exact) mass is 236 g/mol. The Hall–Kier alpha value is -1.19. The van der Waals surface area contributed by atoms with E-state index in [1.54, 1.807) is 24.3 Å². The van der Waals surface area contributed by atoms with Gasteiger partial charge in [0.05, 0.1) is 12.2 Å². The molecule has 0 aliphatic carbocycles. The lowest BCUT2D eigenvalue weighted by Crippen LogP contribution is -2.22. The van der Waals surface area contributed by atoms with E-state index >= 15 is 0 Å². The van der Waals surface area contributed by atoms with Gasteiger partial charge in [-0.15, -0.1) is 0 Å². The summed E-state index contributed by atoms with van der Waals surface area (Å²) in [6.07, 6.45) is -0.657. The van der Waals surface area contributed by atoms with Crippen LogP contribution in [0.1, 0.15) is 49.7 Å². The molecule has 0 heterocycles. The van der Waals surface area contributed by atoms with E-state index in [0.717, 1.165) is 5.56 Å². The third-order valence-corrected chi connectivity index (χ3v) is 2.38. The minimum atomic E-state index is -0.657. The number of aliphatic hydroxyl groups excluding tert-OH is 1. The topological polar surface area (TPSA) is 46.5 Å². The molecule has 1 aromatic rings. The summed E-state index contributed by atoms with van der Waals surface area (Å²) in [4.78, 5) is 11.1. The van der Waals surface area contributed by atoms with Crippen LogP contribution in [-0.2, 0) is 4.74 Å². The van der Waals surface area contributed by atoms with Crippen molar-refractivity contribution < 1.29 is 14.6 Å². The average molecular weight is 236 g/mol. The highest BCUT2D eigenvalue weighted by molar-refractivity contribution is 5.94. The number of rotatable bonds is 4. The van der Waals surface area contributed by atoms with Gasteiger partial charge >= 0.3 is 0 Å². The molecule has 0 saturated heterocycles. The van der Waals surface area contributed by atoms with Crippen LogP contribution in [0.5, 0.6) is 0 Å². The van der Waals surface area contributed by atoms with Gasteiger partial charge in [0, 0.05) is 5.56 Å². The molecule has 94 valence electrons. The molecule has 0 bridgehead atoms. The minimum absolute atomic E-state index is 0.0250. The predicted molar refractivity (Wildman–Crippen MR) is 67.1 cm³/mol. The van der Waals surface area contributed by atoms with Crippen LogP contribution >= 0.6 is 0 Å². The molecule has 1 N–H and O–H groups in total. The average Bonchev–Trinajstić information content (AvgIpc) is 2.25. The van der Waals surface area contributed by atoms with Gasteiger partial charge in [-0.3, -0.25) is 4.79 Å². The Morgan fingerprint density at radius 2 is 1.82 bits per heavy atom. The first kappa shape index (κ1) is 13.9. The molecule has 3 heteroatoms. The summed E-state index contributed by atoms with van der Waals surface area (Å²) >= 11 is 0. The molecule has 0 fully saturated rings. The number of hydrogen-bond donors (Lipinski definition) is 1. The normalized spacial score (nSPS) is 13.5. The number of carbonyl (C=O) groups excluding carboxylic acids is 1. The highest BCUT2D eigenvalue weighted by atomic mass is 16.5. The van der Waals surface area contributed by atoms with Crippen molar-refractivity contribution >= 4 is 5.78 Å². The molecule has 0 aromatic heterocycles. The van der Waals surface area contributed by atoms with E-state index < -0.39 is 6.10 Å². The SMILES string of the molecule is CC(=O)c1ccc([C@H](O)COC(C)(C)C)cc1. The molecule has 3 nitrogen and oxygen atoms in total. The molecule has 0 aliphatic heterocycles. The summed E-state index contributed by atoms with van der Waals surface area (Å²) in [6, 6.07) is 6.96. The Kier molecular flexibility index (Phi) is 4.43. The molecule has 0 saturated carbocycles.